The Hall–Kier alpha value is -1.48. The van der Waals surface area contributed by atoms with Crippen molar-refractivity contribution in [1.29, 1.82) is 0 Å². The van der Waals surface area contributed by atoms with Gasteiger partial charge in [-0.2, -0.15) is 0 Å². The first kappa shape index (κ1) is 9.09. The number of aromatic amines is 1. The summed E-state index contributed by atoms with van der Waals surface area (Å²) in [7, 11) is 3.30. The molecule has 1 aromatic carbocycles. The zero-order valence-corrected chi connectivity index (χ0v) is 8.06. The van der Waals surface area contributed by atoms with Gasteiger partial charge in [0.25, 0.3) is 5.91 Å². The minimum absolute atomic E-state index is 0.239. The van der Waals surface area contributed by atoms with Gasteiger partial charge in [0.2, 0.25) is 0 Å². The van der Waals surface area contributed by atoms with Gasteiger partial charge in [0.15, 0.2) is 0 Å². The molecule has 0 aliphatic heterocycles. The molecule has 1 heterocycles. The Morgan fingerprint density at radius 2 is 2.21 bits per heavy atom. The van der Waals surface area contributed by atoms with Gasteiger partial charge in [0.1, 0.15) is 5.69 Å². The first-order valence-corrected chi connectivity index (χ1v) is 4.44. The standard InChI is InChI=1S/C10H8ClN2O/c1-12-10(14)9-5-6-4-7(11)2-3-8(6)13-9/h2-5,13H,1H2,(H,12,14). The van der Waals surface area contributed by atoms with E-state index in [1.165, 1.54) is 0 Å². The monoisotopic (exact) mass is 207 g/mol. The lowest BCUT2D eigenvalue weighted by molar-refractivity contribution is 0.0965. The zero-order chi connectivity index (χ0) is 10.1. The van der Waals surface area contributed by atoms with Crippen molar-refractivity contribution in [2.75, 3.05) is 0 Å². The van der Waals surface area contributed by atoms with Crippen molar-refractivity contribution in [2.24, 2.45) is 0 Å². The van der Waals surface area contributed by atoms with Gasteiger partial charge in [-0.25, -0.2) is 0 Å². The van der Waals surface area contributed by atoms with Crippen LogP contribution in [-0.2, 0) is 0 Å². The number of hydrogen-bond donors (Lipinski definition) is 2. The number of amides is 1. The molecule has 0 aliphatic carbocycles. The van der Waals surface area contributed by atoms with E-state index in [4.69, 9.17) is 11.6 Å². The Kier molecular flexibility index (Phi) is 2.17. The van der Waals surface area contributed by atoms with Crippen LogP contribution in [0.15, 0.2) is 24.3 Å². The van der Waals surface area contributed by atoms with Crippen LogP contribution in [0.25, 0.3) is 10.9 Å². The average molecular weight is 208 g/mol. The molecule has 0 unspecified atom stereocenters. The van der Waals surface area contributed by atoms with E-state index in [2.05, 4.69) is 17.3 Å². The predicted octanol–water partition coefficient (Wildman–Crippen LogP) is 2.34. The number of carbonyl (C=O) groups is 1. The molecule has 1 radical (unpaired) electrons. The van der Waals surface area contributed by atoms with Crippen LogP contribution in [0.3, 0.4) is 0 Å². The molecule has 0 aliphatic rings. The van der Waals surface area contributed by atoms with Crippen LogP contribution in [0, 0.1) is 7.05 Å². The van der Waals surface area contributed by atoms with Gasteiger partial charge in [0, 0.05) is 23.0 Å². The van der Waals surface area contributed by atoms with Crippen molar-refractivity contribution in [3.63, 3.8) is 0 Å². The third kappa shape index (κ3) is 1.46. The van der Waals surface area contributed by atoms with E-state index in [-0.39, 0.29) is 5.91 Å². The van der Waals surface area contributed by atoms with E-state index in [0.717, 1.165) is 10.9 Å². The number of benzene rings is 1. The van der Waals surface area contributed by atoms with Gasteiger partial charge >= 0.3 is 0 Å². The van der Waals surface area contributed by atoms with Gasteiger partial charge in [-0.05, 0) is 24.3 Å². The van der Waals surface area contributed by atoms with Gasteiger partial charge in [-0.1, -0.05) is 11.6 Å². The number of rotatable bonds is 1. The summed E-state index contributed by atoms with van der Waals surface area (Å²) in [5.41, 5.74) is 1.37. The molecule has 1 aromatic heterocycles. The molecule has 71 valence electrons. The summed E-state index contributed by atoms with van der Waals surface area (Å²) >= 11 is 5.81. The maximum atomic E-state index is 11.2. The number of aromatic nitrogens is 1. The van der Waals surface area contributed by atoms with Crippen molar-refractivity contribution < 1.29 is 4.79 Å². The van der Waals surface area contributed by atoms with Crippen molar-refractivity contribution in [2.45, 2.75) is 0 Å². The summed E-state index contributed by atoms with van der Waals surface area (Å²) in [4.78, 5) is 14.2. The van der Waals surface area contributed by atoms with Crippen LogP contribution in [-0.4, -0.2) is 10.9 Å². The molecule has 2 N–H and O–H groups in total. The molecule has 3 nitrogen and oxygen atoms in total. The second kappa shape index (κ2) is 3.35. The lowest BCUT2D eigenvalue weighted by atomic mass is 10.2. The smallest absolute Gasteiger partial charge is 0.267 e. The number of H-pyrrole nitrogens is 1. The molecular formula is C10H8ClN2O. The molecule has 0 spiro atoms. The fourth-order valence-corrected chi connectivity index (χ4v) is 1.50. The summed E-state index contributed by atoms with van der Waals surface area (Å²) in [5.74, 6) is -0.239. The Balaban J connectivity index is 2.56. The van der Waals surface area contributed by atoms with Crippen LogP contribution in [0.4, 0.5) is 0 Å². The van der Waals surface area contributed by atoms with Gasteiger partial charge < -0.3 is 10.3 Å². The molecule has 1 amide bonds. The highest BCUT2D eigenvalue weighted by molar-refractivity contribution is 6.31. The highest BCUT2D eigenvalue weighted by Crippen LogP contribution is 2.19. The Labute approximate surface area is 86.1 Å². The number of nitrogens with one attached hydrogen (secondary N) is 2. The molecule has 0 saturated carbocycles. The first-order chi connectivity index (χ1) is 6.70. The Morgan fingerprint density at radius 3 is 2.93 bits per heavy atom. The molecule has 2 rings (SSSR count). The normalized spacial score (nSPS) is 10.4. The zero-order valence-electron chi connectivity index (χ0n) is 7.30. The van der Waals surface area contributed by atoms with Crippen LogP contribution in [0.5, 0.6) is 0 Å². The molecule has 2 aromatic rings. The average Bonchev–Trinajstić information content (AvgIpc) is 2.59. The van der Waals surface area contributed by atoms with Crippen molar-refractivity contribution in [1.82, 2.24) is 10.3 Å². The third-order valence-electron chi connectivity index (χ3n) is 1.99. The van der Waals surface area contributed by atoms with E-state index < -0.39 is 0 Å². The summed E-state index contributed by atoms with van der Waals surface area (Å²) < 4.78 is 0. The lowest BCUT2D eigenvalue weighted by Crippen LogP contribution is -2.15. The van der Waals surface area contributed by atoms with E-state index in [9.17, 15) is 4.79 Å². The van der Waals surface area contributed by atoms with Gasteiger partial charge in [-0.15, -0.1) is 0 Å². The van der Waals surface area contributed by atoms with Gasteiger partial charge in [0.05, 0.1) is 0 Å². The minimum Gasteiger partial charge on any atom is -0.351 e. The Bertz CT molecular complexity index is 490. The molecule has 0 saturated heterocycles. The maximum absolute atomic E-state index is 11.2. The fourth-order valence-electron chi connectivity index (χ4n) is 1.32. The van der Waals surface area contributed by atoms with Crippen LogP contribution < -0.4 is 5.32 Å². The number of carbonyl (C=O) groups excluding carboxylic acids is 1. The highest BCUT2D eigenvalue weighted by atomic mass is 35.5. The van der Waals surface area contributed by atoms with Crippen molar-refractivity contribution >= 4 is 28.4 Å². The van der Waals surface area contributed by atoms with Crippen LogP contribution >= 0.6 is 11.6 Å². The molecule has 0 atom stereocenters. The summed E-state index contributed by atoms with van der Waals surface area (Å²) in [5, 5.41) is 3.87. The van der Waals surface area contributed by atoms with Crippen molar-refractivity contribution in [3.05, 3.63) is 42.0 Å². The summed E-state index contributed by atoms with van der Waals surface area (Å²) in [6.45, 7) is 0. The third-order valence-corrected chi connectivity index (χ3v) is 2.22. The number of halogens is 1. The second-order valence-corrected chi connectivity index (χ2v) is 3.36. The van der Waals surface area contributed by atoms with E-state index in [1.54, 1.807) is 18.2 Å². The summed E-state index contributed by atoms with van der Waals surface area (Å²) in [6.07, 6.45) is 0. The molecule has 0 fully saturated rings. The second-order valence-electron chi connectivity index (χ2n) is 2.92. The van der Waals surface area contributed by atoms with Crippen molar-refractivity contribution in [3.8, 4) is 0 Å². The molecular weight excluding hydrogens is 200 g/mol. The first-order valence-electron chi connectivity index (χ1n) is 4.06. The molecule has 14 heavy (non-hydrogen) atoms. The van der Waals surface area contributed by atoms with Crippen LogP contribution in [0.1, 0.15) is 10.5 Å². The fraction of sp³-hybridized carbons (Fsp3) is 0. The maximum Gasteiger partial charge on any atom is 0.267 e. The van der Waals surface area contributed by atoms with E-state index >= 15 is 0 Å². The number of fused-ring (bicyclic) bond motifs is 1. The van der Waals surface area contributed by atoms with E-state index in [1.807, 2.05) is 6.07 Å². The Morgan fingerprint density at radius 1 is 1.43 bits per heavy atom. The predicted molar refractivity (Wildman–Crippen MR) is 56.1 cm³/mol. The highest BCUT2D eigenvalue weighted by Gasteiger charge is 2.06. The molecule has 4 heteroatoms. The lowest BCUT2D eigenvalue weighted by Gasteiger charge is -1.92. The van der Waals surface area contributed by atoms with E-state index in [0.29, 0.717) is 10.7 Å². The topological polar surface area (TPSA) is 44.9 Å². The largest absolute Gasteiger partial charge is 0.351 e. The quantitative estimate of drug-likeness (QED) is 0.741. The molecule has 0 bridgehead atoms. The van der Waals surface area contributed by atoms with Crippen LogP contribution in [0.2, 0.25) is 5.02 Å². The minimum atomic E-state index is -0.239. The number of hydrogen-bond acceptors (Lipinski definition) is 1. The SMILES string of the molecule is [CH2]NC(=O)c1cc2cc(Cl)ccc2[nH]1. The van der Waals surface area contributed by atoms with Gasteiger partial charge in [-0.3, -0.25) is 4.79 Å². The summed E-state index contributed by atoms with van der Waals surface area (Å²) in [6, 6.07) is 7.14.